The Morgan fingerprint density at radius 1 is 1.38 bits per heavy atom. The van der Waals surface area contributed by atoms with Gasteiger partial charge in [0.25, 0.3) is 0 Å². The van der Waals surface area contributed by atoms with E-state index in [0.29, 0.717) is 22.7 Å². The highest BCUT2D eigenvalue weighted by Gasteiger charge is 2.42. The number of anilines is 1. The van der Waals surface area contributed by atoms with Gasteiger partial charge in [0, 0.05) is 12.5 Å². The number of thioether (sulfide) groups is 1. The van der Waals surface area contributed by atoms with Crippen LogP contribution in [0.3, 0.4) is 0 Å². The number of nitrogens with zero attached hydrogens (tertiary/aromatic N) is 4. The van der Waals surface area contributed by atoms with Gasteiger partial charge in [-0.25, -0.2) is 15.0 Å². The van der Waals surface area contributed by atoms with Crippen LogP contribution in [0, 0.1) is 5.92 Å². The van der Waals surface area contributed by atoms with Crippen molar-refractivity contribution in [1.29, 1.82) is 0 Å². The first-order valence-corrected chi connectivity index (χ1v) is 7.80. The number of fused-ring (bicyclic) bond motifs is 1. The molecule has 1 aliphatic carbocycles. The largest absolute Gasteiger partial charge is 0.396 e. The number of aromatic nitrogens is 4. The average molecular weight is 311 g/mol. The topological polar surface area (TPSA) is 130 Å². The maximum atomic E-state index is 10.2. The number of nitrogens with two attached hydrogens (primary N) is 1. The van der Waals surface area contributed by atoms with Crippen molar-refractivity contribution in [1.82, 2.24) is 19.5 Å². The van der Waals surface area contributed by atoms with Crippen LogP contribution < -0.4 is 5.73 Å². The van der Waals surface area contributed by atoms with Crippen LogP contribution in [0.1, 0.15) is 12.5 Å². The third-order valence-corrected chi connectivity index (χ3v) is 4.52. The van der Waals surface area contributed by atoms with Gasteiger partial charge in [-0.05, 0) is 12.7 Å². The number of hydrogen-bond acceptors (Lipinski definition) is 8. The molecule has 2 aromatic rings. The van der Waals surface area contributed by atoms with Gasteiger partial charge in [0.2, 0.25) is 0 Å². The van der Waals surface area contributed by atoms with Crippen LogP contribution in [0.2, 0.25) is 0 Å². The summed E-state index contributed by atoms with van der Waals surface area (Å²) in [6.07, 6.45) is 1.89. The number of rotatable bonds is 3. The lowest BCUT2D eigenvalue weighted by Crippen LogP contribution is -2.30. The van der Waals surface area contributed by atoms with Crippen molar-refractivity contribution in [2.75, 3.05) is 18.6 Å². The van der Waals surface area contributed by atoms with E-state index in [1.165, 1.54) is 11.8 Å². The van der Waals surface area contributed by atoms with E-state index in [1.807, 2.05) is 6.26 Å². The quantitative estimate of drug-likeness (QED) is 0.437. The molecule has 3 rings (SSSR count). The van der Waals surface area contributed by atoms with Gasteiger partial charge >= 0.3 is 0 Å². The molecule has 1 fully saturated rings. The highest BCUT2D eigenvalue weighted by atomic mass is 32.2. The molecule has 2 aromatic heterocycles. The fourth-order valence-corrected chi connectivity index (χ4v) is 3.18. The van der Waals surface area contributed by atoms with Gasteiger partial charge < -0.3 is 25.6 Å². The predicted octanol–water partition coefficient (Wildman–Crippen LogP) is -0.595. The predicted molar refractivity (Wildman–Crippen MR) is 77.8 cm³/mol. The van der Waals surface area contributed by atoms with Crippen molar-refractivity contribution in [3.63, 3.8) is 0 Å². The van der Waals surface area contributed by atoms with Crippen molar-refractivity contribution in [2.24, 2.45) is 5.92 Å². The first kappa shape index (κ1) is 14.5. The van der Waals surface area contributed by atoms with Crippen molar-refractivity contribution >= 4 is 28.7 Å². The highest BCUT2D eigenvalue weighted by Crippen LogP contribution is 2.37. The number of aliphatic hydroxyl groups is 3. The molecule has 5 N–H and O–H groups in total. The smallest absolute Gasteiger partial charge is 0.191 e. The van der Waals surface area contributed by atoms with Gasteiger partial charge in [-0.3, -0.25) is 0 Å². The summed E-state index contributed by atoms with van der Waals surface area (Å²) in [6, 6.07) is -0.397. The molecule has 0 spiro atoms. The molecule has 21 heavy (non-hydrogen) atoms. The van der Waals surface area contributed by atoms with E-state index in [0.717, 1.165) is 0 Å². The maximum Gasteiger partial charge on any atom is 0.191 e. The van der Waals surface area contributed by atoms with Gasteiger partial charge in [-0.1, -0.05) is 11.8 Å². The van der Waals surface area contributed by atoms with Gasteiger partial charge in [0.15, 0.2) is 16.6 Å². The molecule has 0 aromatic carbocycles. The van der Waals surface area contributed by atoms with Crippen LogP contribution in [0.4, 0.5) is 5.82 Å². The van der Waals surface area contributed by atoms with E-state index in [4.69, 9.17) is 5.73 Å². The van der Waals surface area contributed by atoms with E-state index in [2.05, 4.69) is 15.0 Å². The highest BCUT2D eigenvalue weighted by molar-refractivity contribution is 7.98. The molecule has 4 atom stereocenters. The summed E-state index contributed by atoms with van der Waals surface area (Å²) in [7, 11) is 0. The molecule has 0 bridgehead atoms. The lowest BCUT2D eigenvalue weighted by atomic mass is 10.1. The molecule has 0 radical (unpaired) electrons. The van der Waals surface area contributed by atoms with Gasteiger partial charge in [-0.15, -0.1) is 0 Å². The van der Waals surface area contributed by atoms with Gasteiger partial charge in [-0.2, -0.15) is 0 Å². The number of imidazole rings is 1. The monoisotopic (exact) mass is 311 g/mol. The minimum atomic E-state index is -0.978. The summed E-state index contributed by atoms with van der Waals surface area (Å²) in [5, 5.41) is 29.9. The Morgan fingerprint density at radius 2 is 2.14 bits per heavy atom. The van der Waals surface area contributed by atoms with Gasteiger partial charge in [0.05, 0.1) is 18.5 Å². The van der Waals surface area contributed by atoms with Crippen LogP contribution in [0.15, 0.2) is 11.5 Å². The number of aliphatic hydroxyl groups excluding tert-OH is 3. The summed E-state index contributed by atoms with van der Waals surface area (Å²) >= 11 is 1.36. The molecule has 2 heterocycles. The molecule has 9 heteroatoms. The lowest BCUT2D eigenvalue weighted by Gasteiger charge is -2.18. The zero-order valence-corrected chi connectivity index (χ0v) is 12.2. The molecule has 0 saturated heterocycles. The van der Waals surface area contributed by atoms with E-state index in [1.54, 1.807) is 10.9 Å². The molecule has 1 aliphatic rings. The van der Waals surface area contributed by atoms with E-state index >= 15 is 0 Å². The van der Waals surface area contributed by atoms with Crippen molar-refractivity contribution in [3.8, 4) is 0 Å². The zero-order chi connectivity index (χ0) is 15.1. The standard InChI is InChI=1S/C12H17N5O3S/c1-21-12-15-10(13)7-11(16-12)17(4-14-7)6-2-5(3-18)8(19)9(6)20/h4-6,8-9,18-20H,2-3H2,1H3,(H2,13,15,16)/t5-,6-,8?,9?/m1/s1. The SMILES string of the molecule is CSc1nc(N)c2ncn([C@@H]3C[C@H](CO)C(O)C3O)c2n1. The molecular weight excluding hydrogens is 294 g/mol. The van der Waals surface area contributed by atoms with Crippen LogP contribution >= 0.6 is 11.8 Å². The Kier molecular flexibility index (Phi) is 3.74. The van der Waals surface area contributed by atoms with Gasteiger partial charge in [0.1, 0.15) is 11.6 Å². The van der Waals surface area contributed by atoms with Crippen LogP contribution in [-0.2, 0) is 0 Å². The zero-order valence-electron chi connectivity index (χ0n) is 11.4. The molecule has 0 aliphatic heterocycles. The Balaban J connectivity index is 2.07. The summed E-state index contributed by atoms with van der Waals surface area (Å²) in [5.74, 6) is -0.0727. The molecule has 1 saturated carbocycles. The van der Waals surface area contributed by atoms with E-state index in [-0.39, 0.29) is 18.3 Å². The minimum Gasteiger partial charge on any atom is -0.396 e. The van der Waals surface area contributed by atoms with E-state index in [9.17, 15) is 15.3 Å². The number of nitrogen functional groups attached to an aromatic ring is 1. The van der Waals surface area contributed by atoms with Crippen LogP contribution in [0.5, 0.6) is 0 Å². The summed E-state index contributed by atoms with van der Waals surface area (Å²) < 4.78 is 1.70. The summed E-state index contributed by atoms with van der Waals surface area (Å²) in [5.41, 5.74) is 6.87. The van der Waals surface area contributed by atoms with Crippen LogP contribution in [-0.4, -0.2) is 59.9 Å². The van der Waals surface area contributed by atoms with E-state index < -0.39 is 18.2 Å². The molecule has 0 amide bonds. The Hall–Kier alpha value is -1.42. The summed E-state index contributed by atoms with van der Waals surface area (Å²) in [4.78, 5) is 12.7. The molecule has 114 valence electrons. The normalized spacial score (nSPS) is 29.3. The maximum absolute atomic E-state index is 10.2. The van der Waals surface area contributed by atoms with Crippen LogP contribution in [0.25, 0.3) is 11.2 Å². The Morgan fingerprint density at radius 3 is 2.76 bits per heavy atom. The second kappa shape index (κ2) is 5.41. The van der Waals surface area contributed by atoms with Crippen molar-refractivity contribution in [2.45, 2.75) is 29.8 Å². The van der Waals surface area contributed by atoms with Crippen molar-refractivity contribution < 1.29 is 15.3 Å². The fourth-order valence-electron chi connectivity index (χ4n) is 2.81. The third kappa shape index (κ3) is 2.26. The molecule has 2 unspecified atom stereocenters. The average Bonchev–Trinajstić information content (AvgIpc) is 3.02. The first-order chi connectivity index (χ1) is 10.1. The second-order valence-corrected chi connectivity index (χ2v) is 5.92. The van der Waals surface area contributed by atoms with Crippen molar-refractivity contribution in [3.05, 3.63) is 6.33 Å². The Bertz CT molecular complexity index is 664. The minimum absolute atomic E-state index is 0.172. The molecule has 8 nitrogen and oxygen atoms in total. The second-order valence-electron chi connectivity index (χ2n) is 5.15. The first-order valence-electron chi connectivity index (χ1n) is 6.57. The third-order valence-electron chi connectivity index (χ3n) is 3.97. The number of hydrogen-bond donors (Lipinski definition) is 4. The Labute approximate surface area is 125 Å². The lowest BCUT2D eigenvalue weighted by molar-refractivity contribution is -0.00371. The summed E-state index contributed by atoms with van der Waals surface area (Å²) in [6.45, 7) is -0.172. The molecular formula is C12H17N5O3S. The fraction of sp³-hybridized carbons (Fsp3) is 0.583.